The summed E-state index contributed by atoms with van der Waals surface area (Å²) in [4.78, 5) is 11.8. The average molecular weight is 367 g/mol. The van der Waals surface area contributed by atoms with Gasteiger partial charge in [-0.1, -0.05) is 70.9 Å². The normalized spacial score (nSPS) is 19.0. The number of carbonyl (C=O) groups is 1. The molecule has 0 fully saturated rings. The molecule has 1 aliphatic rings. The number of benzene rings is 1. The Kier molecular flexibility index (Phi) is 6.55. The molecule has 0 amide bonds. The SMILES string of the molecule is CCC/C(=C\C=C(/C)Cc1cc2c(cc1C)C(C)(C)CCC2(C)C)C(C)=O. The highest BCUT2D eigenvalue weighted by Crippen LogP contribution is 2.46. The van der Waals surface area contributed by atoms with Gasteiger partial charge in [0, 0.05) is 0 Å². The van der Waals surface area contributed by atoms with E-state index in [0.717, 1.165) is 24.8 Å². The molecule has 0 N–H and O–H groups in total. The lowest BCUT2D eigenvalue weighted by Crippen LogP contribution is -2.34. The first-order valence-corrected chi connectivity index (χ1v) is 10.5. The third kappa shape index (κ3) is 5.00. The minimum Gasteiger partial charge on any atom is -0.295 e. The Labute approximate surface area is 167 Å². The van der Waals surface area contributed by atoms with Crippen molar-refractivity contribution in [1.82, 2.24) is 0 Å². The first-order valence-electron chi connectivity index (χ1n) is 10.5. The minimum absolute atomic E-state index is 0.190. The van der Waals surface area contributed by atoms with Gasteiger partial charge in [-0.15, -0.1) is 0 Å². The van der Waals surface area contributed by atoms with Crippen LogP contribution in [-0.4, -0.2) is 5.78 Å². The molecule has 27 heavy (non-hydrogen) atoms. The molecule has 0 radical (unpaired) electrons. The summed E-state index contributed by atoms with van der Waals surface area (Å²) < 4.78 is 0. The fraction of sp³-hybridized carbons (Fsp3) is 0.577. The number of hydrogen-bond donors (Lipinski definition) is 0. The van der Waals surface area contributed by atoms with Gasteiger partial charge in [0.25, 0.3) is 0 Å². The lowest BCUT2D eigenvalue weighted by molar-refractivity contribution is -0.113. The molecule has 1 aromatic carbocycles. The molecule has 0 aromatic heterocycles. The summed E-state index contributed by atoms with van der Waals surface area (Å²) >= 11 is 0. The van der Waals surface area contributed by atoms with Crippen LogP contribution in [0.25, 0.3) is 0 Å². The maximum absolute atomic E-state index is 11.8. The number of aryl methyl sites for hydroxylation is 1. The molecule has 0 heterocycles. The molecule has 1 heteroatoms. The molecule has 0 bridgehead atoms. The topological polar surface area (TPSA) is 17.1 Å². The van der Waals surface area contributed by atoms with Crippen LogP contribution in [0.4, 0.5) is 0 Å². The molecule has 2 rings (SSSR count). The van der Waals surface area contributed by atoms with Crippen molar-refractivity contribution in [2.45, 2.75) is 98.3 Å². The highest BCUT2D eigenvalue weighted by molar-refractivity contribution is 5.93. The predicted octanol–water partition coefficient (Wildman–Crippen LogP) is 7.15. The lowest BCUT2D eigenvalue weighted by atomic mass is 9.62. The monoisotopic (exact) mass is 366 g/mol. The van der Waals surface area contributed by atoms with Gasteiger partial charge in [-0.2, -0.15) is 0 Å². The van der Waals surface area contributed by atoms with Gasteiger partial charge in [0.05, 0.1) is 0 Å². The second kappa shape index (κ2) is 8.17. The lowest BCUT2D eigenvalue weighted by Gasteiger charge is -2.42. The Morgan fingerprint density at radius 1 is 1.00 bits per heavy atom. The quantitative estimate of drug-likeness (QED) is 0.386. The van der Waals surface area contributed by atoms with Crippen LogP contribution in [0.2, 0.25) is 0 Å². The maximum atomic E-state index is 11.8. The number of carbonyl (C=O) groups excluding carboxylic acids is 1. The molecule has 0 unspecified atom stereocenters. The Morgan fingerprint density at radius 2 is 1.56 bits per heavy atom. The van der Waals surface area contributed by atoms with Gasteiger partial charge in [-0.3, -0.25) is 4.79 Å². The highest BCUT2D eigenvalue weighted by Gasteiger charge is 2.37. The average Bonchev–Trinajstić information content (AvgIpc) is 2.57. The molecule has 0 spiro atoms. The van der Waals surface area contributed by atoms with Crippen molar-refractivity contribution in [1.29, 1.82) is 0 Å². The van der Waals surface area contributed by atoms with Crippen molar-refractivity contribution in [2.75, 3.05) is 0 Å². The zero-order valence-corrected chi connectivity index (χ0v) is 18.8. The van der Waals surface area contributed by atoms with Crippen LogP contribution in [0.1, 0.15) is 96.4 Å². The summed E-state index contributed by atoms with van der Waals surface area (Å²) in [5, 5.41) is 0. The van der Waals surface area contributed by atoms with E-state index in [9.17, 15) is 4.79 Å². The summed E-state index contributed by atoms with van der Waals surface area (Å²) in [6.07, 6.45) is 9.48. The van der Waals surface area contributed by atoms with Crippen molar-refractivity contribution in [3.05, 3.63) is 57.7 Å². The number of Topliss-reactive ketones (excluding diaryl/α,β-unsaturated/α-hetero) is 1. The first kappa shape index (κ1) is 21.7. The maximum Gasteiger partial charge on any atom is 0.155 e. The zero-order valence-electron chi connectivity index (χ0n) is 18.8. The van der Waals surface area contributed by atoms with Gasteiger partial charge in [0.1, 0.15) is 0 Å². The van der Waals surface area contributed by atoms with Gasteiger partial charge in [0.15, 0.2) is 5.78 Å². The molecule has 1 nitrogen and oxygen atoms in total. The van der Waals surface area contributed by atoms with Gasteiger partial charge in [-0.05, 0) is 85.1 Å². The molecule has 0 atom stereocenters. The van der Waals surface area contributed by atoms with Gasteiger partial charge >= 0.3 is 0 Å². The zero-order chi connectivity index (χ0) is 20.4. The molecule has 148 valence electrons. The Bertz CT molecular complexity index is 772. The molecule has 1 aliphatic carbocycles. The molecular weight excluding hydrogens is 328 g/mol. The van der Waals surface area contributed by atoms with Crippen LogP contribution >= 0.6 is 0 Å². The minimum atomic E-state index is 0.190. The summed E-state index contributed by atoms with van der Waals surface area (Å²) in [6.45, 7) is 17.7. The summed E-state index contributed by atoms with van der Waals surface area (Å²) in [5.74, 6) is 0.190. The number of ketones is 1. The summed E-state index contributed by atoms with van der Waals surface area (Å²) in [6, 6.07) is 4.90. The van der Waals surface area contributed by atoms with Gasteiger partial charge < -0.3 is 0 Å². The van der Waals surface area contributed by atoms with E-state index in [0.29, 0.717) is 0 Å². The van der Waals surface area contributed by atoms with Crippen LogP contribution in [0, 0.1) is 6.92 Å². The van der Waals surface area contributed by atoms with Crippen LogP contribution in [0.3, 0.4) is 0 Å². The first-order chi connectivity index (χ1) is 12.5. The summed E-state index contributed by atoms with van der Waals surface area (Å²) in [5.41, 5.74) is 8.61. The third-order valence-electron chi connectivity index (χ3n) is 6.32. The van der Waals surface area contributed by atoms with Crippen LogP contribution in [-0.2, 0) is 22.0 Å². The Balaban J connectivity index is 2.36. The number of fused-ring (bicyclic) bond motifs is 1. The van der Waals surface area contributed by atoms with E-state index in [1.165, 1.54) is 40.7 Å². The smallest absolute Gasteiger partial charge is 0.155 e. The largest absolute Gasteiger partial charge is 0.295 e. The molecule has 1 aromatic rings. The Hall–Kier alpha value is -1.63. The van der Waals surface area contributed by atoms with Crippen molar-refractivity contribution < 1.29 is 4.79 Å². The third-order valence-corrected chi connectivity index (χ3v) is 6.32. The second-order valence-corrected chi connectivity index (χ2v) is 9.78. The second-order valence-electron chi connectivity index (χ2n) is 9.78. The highest BCUT2D eigenvalue weighted by atomic mass is 16.1. The van der Waals surface area contributed by atoms with E-state index in [1.807, 2.05) is 6.08 Å². The van der Waals surface area contributed by atoms with E-state index in [2.05, 4.69) is 66.7 Å². The van der Waals surface area contributed by atoms with Crippen LogP contribution in [0.15, 0.2) is 35.4 Å². The van der Waals surface area contributed by atoms with E-state index in [1.54, 1.807) is 6.92 Å². The van der Waals surface area contributed by atoms with Gasteiger partial charge in [-0.25, -0.2) is 0 Å². The number of allylic oxidation sites excluding steroid dienone is 4. The molecule has 0 aliphatic heterocycles. The molecule has 0 saturated carbocycles. The van der Waals surface area contributed by atoms with Gasteiger partial charge in [0.2, 0.25) is 0 Å². The van der Waals surface area contributed by atoms with E-state index >= 15 is 0 Å². The van der Waals surface area contributed by atoms with Crippen molar-refractivity contribution in [3.63, 3.8) is 0 Å². The molecule has 0 saturated heterocycles. The summed E-state index contributed by atoms with van der Waals surface area (Å²) in [7, 11) is 0. The van der Waals surface area contributed by atoms with Crippen LogP contribution < -0.4 is 0 Å². The standard InChI is InChI=1S/C26H38O/c1-9-10-21(20(4)27)12-11-18(2)15-22-17-24-23(16-19(22)3)25(5,6)13-14-26(24,7)8/h11-12,16-17H,9-10,13-15H2,1-8H3/b18-11+,21-12+. The van der Waals surface area contributed by atoms with E-state index in [4.69, 9.17) is 0 Å². The number of hydrogen-bond acceptors (Lipinski definition) is 1. The predicted molar refractivity (Wildman–Crippen MR) is 118 cm³/mol. The van der Waals surface area contributed by atoms with Crippen molar-refractivity contribution >= 4 is 5.78 Å². The number of rotatable bonds is 6. The Morgan fingerprint density at radius 3 is 2.07 bits per heavy atom. The fourth-order valence-electron chi connectivity index (χ4n) is 4.21. The fourth-order valence-corrected chi connectivity index (χ4v) is 4.21. The van der Waals surface area contributed by atoms with E-state index < -0.39 is 0 Å². The van der Waals surface area contributed by atoms with Crippen molar-refractivity contribution in [2.24, 2.45) is 0 Å². The molecular formula is C26H38O. The van der Waals surface area contributed by atoms with E-state index in [-0.39, 0.29) is 16.6 Å². The van der Waals surface area contributed by atoms with Crippen molar-refractivity contribution in [3.8, 4) is 0 Å². The van der Waals surface area contributed by atoms with Crippen LogP contribution in [0.5, 0.6) is 0 Å².